The van der Waals surface area contributed by atoms with E-state index < -0.39 is 11.9 Å². The highest BCUT2D eigenvalue weighted by Gasteiger charge is 2.22. The zero-order chi connectivity index (χ0) is 15.9. The second-order valence-electron chi connectivity index (χ2n) is 4.63. The molecule has 0 N–H and O–H groups in total. The molecular weight excluding hydrogens is 278 g/mol. The van der Waals surface area contributed by atoms with Gasteiger partial charge in [-0.15, -0.1) is 0 Å². The lowest BCUT2D eigenvalue weighted by atomic mass is 9.95. The lowest BCUT2D eigenvalue weighted by Crippen LogP contribution is -2.15. The Balaban J connectivity index is 2.32. The number of ketones is 1. The van der Waals surface area contributed by atoms with Crippen LogP contribution < -0.4 is 0 Å². The largest absolute Gasteiger partial charge is 0.465 e. The molecule has 1 atom stereocenters. The highest BCUT2D eigenvalue weighted by atomic mass is 16.5. The molecule has 1 unspecified atom stereocenters. The van der Waals surface area contributed by atoms with E-state index in [-0.39, 0.29) is 12.4 Å². The van der Waals surface area contributed by atoms with Crippen molar-refractivity contribution in [3.8, 4) is 6.07 Å². The van der Waals surface area contributed by atoms with Crippen LogP contribution in [0.3, 0.4) is 0 Å². The Morgan fingerprint density at radius 2 is 1.77 bits per heavy atom. The Hall–Kier alpha value is -2.93. The predicted molar refractivity (Wildman–Crippen MR) is 81.3 cm³/mol. The molecule has 2 aromatic rings. The predicted octanol–water partition coefficient (Wildman–Crippen LogP) is 3.09. The van der Waals surface area contributed by atoms with Gasteiger partial charge < -0.3 is 4.74 Å². The van der Waals surface area contributed by atoms with Crippen LogP contribution in [0.1, 0.15) is 34.3 Å². The number of ether oxygens (including phenoxy) is 1. The summed E-state index contributed by atoms with van der Waals surface area (Å²) in [6, 6.07) is 17.3. The SMILES string of the molecule is CCOC(=O)C(C#N)c1cccc(C(=O)c2ccccc2)c1. The first-order valence-corrected chi connectivity index (χ1v) is 6.93. The van der Waals surface area contributed by atoms with Crippen LogP contribution in [0, 0.1) is 11.3 Å². The van der Waals surface area contributed by atoms with Gasteiger partial charge in [-0.2, -0.15) is 5.26 Å². The summed E-state index contributed by atoms with van der Waals surface area (Å²) in [5, 5.41) is 9.19. The summed E-state index contributed by atoms with van der Waals surface area (Å²) in [7, 11) is 0. The number of hydrogen-bond donors (Lipinski definition) is 0. The summed E-state index contributed by atoms with van der Waals surface area (Å²) in [5.74, 6) is -1.78. The first-order valence-electron chi connectivity index (χ1n) is 6.93. The molecule has 0 heterocycles. The van der Waals surface area contributed by atoms with Crippen molar-refractivity contribution in [3.05, 3.63) is 71.3 Å². The van der Waals surface area contributed by atoms with E-state index in [1.54, 1.807) is 55.5 Å². The van der Waals surface area contributed by atoms with Gasteiger partial charge in [0.15, 0.2) is 11.7 Å². The fraction of sp³-hybridized carbons (Fsp3) is 0.167. The first kappa shape index (κ1) is 15.5. The molecule has 2 aromatic carbocycles. The minimum Gasteiger partial charge on any atom is -0.465 e. The molecule has 0 aromatic heterocycles. The van der Waals surface area contributed by atoms with Crippen LogP contribution >= 0.6 is 0 Å². The van der Waals surface area contributed by atoms with E-state index in [9.17, 15) is 14.9 Å². The summed E-state index contributed by atoms with van der Waals surface area (Å²) < 4.78 is 4.89. The lowest BCUT2D eigenvalue weighted by molar-refractivity contribution is -0.143. The Labute approximate surface area is 129 Å². The van der Waals surface area contributed by atoms with Crippen molar-refractivity contribution in [2.75, 3.05) is 6.61 Å². The fourth-order valence-corrected chi connectivity index (χ4v) is 2.10. The van der Waals surface area contributed by atoms with E-state index in [1.807, 2.05) is 12.1 Å². The Bertz CT molecular complexity index is 717. The number of esters is 1. The zero-order valence-corrected chi connectivity index (χ0v) is 12.2. The number of hydrogen-bond acceptors (Lipinski definition) is 4. The van der Waals surface area contributed by atoms with Gasteiger partial charge in [-0.1, -0.05) is 48.5 Å². The van der Waals surface area contributed by atoms with Gasteiger partial charge in [0.1, 0.15) is 0 Å². The molecule has 0 aliphatic rings. The van der Waals surface area contributed by atoms with Crippen LogP contribution in [-0.4, -0.2) is 18.4 Å². The Morgan fingerprint density at radius 1 is 1.09 bits per heavy atom. The maximum absolute atomic E-state index is 12.4. The highest BCUT2D eigenvalue weighted by molar-refractivity contribution is 6.09. The van der Waals surface area contributed by atoms with E-state index in [0.29, 0.717) is 16.7 Å². The molecule has 4 heteroatoms. The van der Waals surface area contributed by atoms with E-state index in [4.69, 9.17) is 4.74 Å². The van der Waals surface area contributed by atoms with Gasteiger partial charge in [0.2, 0.25) is 0 Å². The topological polar surface area (TPSA) is 67.2 Å². The number of carbonyl (C=O) groups is 2. The quantitative estimate of drug-likeness (QED) is 0.627. The molecule has 0 aliphatic carbocycles. The van der Waals surface area contributed by atoms with Crippen molar-refractivity contribution in [1.29, 1.82) is 5.26 Å². The molecule has 4 nitrogen and oxygen atoms in total. The summed E-state index contributed by atoms with van der Waals surface area (Å²) in [4.78, 5) is 24.2. The van der Waals surface area contributed by atoms with Gasteiger partial charge in [-0.3, -0.25) is 9.59 Å². The maximum atomic E-state index is 12.4. The van der Waals surface area contributed by atoms with Crippen LogP contribution in [0.5, 0.6) is 0 Å². The zero-order valence-electron chi connectivity index (χ0n) is 12.2. The molecule has 0 spiro atoms. The van der Waals surface area contributed by atoms with Gasteiger partial charge >= 0.3 is 5.97 Å². The molecule has 2 rings (SSSR count). The number of benzene rings is 2. The molecule has 110 valence electrons. The Kier molecular flexibility index (Phi) is 5.05. The van der Waals surface area contributed by atoms with Crippen LogP contribution in [0.15, 0.2) is 54.6 Å². The van der Waals surface area contributed by atoms with E-state index >= 15 is 0 Å². The number of nitrogens with zero attached hydrogens (tertiary/aromatic N) is 1. The molecular formula is C18H15NO3. The number of carbonyl (C=O) groups excluding carboxylic acids is 2. The van der Waals surface area contributed by atoms with Crippen LogP contribution in [-0.2, 0) is 9.53 Å². The lowest BCUT2D eigenvalue weighted by Gasteiger charge is -2.10. The van der Waals surface area contributed by atoms with Gasteiger partial charge in [-0.25, -0.2) is 0 Å². The monoisotopic (exact) mass is 293 g/mol. The molecule has 0 saturated carbocycles. The fourth-order valence-electron chi connectivity index (χ4n) is 2.10. The van der Waals surface area contributed by atoms with Crippen molar-refractivity contribution in [2.45, 2.75) is 12.8 Å². The van der Waals surface area contributed by atoms with Gasteiger partial charge in [0.05, 0.1) is 12.7 Å². The molecule has 0 radical (unpaired) electrons. The standard InChI is InChI=1S/C18H15NO3/c1-2-22-18(21)16(12-19)14-9-6-10-15(11-14)17(20)13-7-4-3-5-8-13/h3-11,16H,2H2,1H3. The molecule has 0 amide bonds. The summed E-state index contributed by atoms with van der Waals surface area (Å²) >= 11 is 0. The molecule has 0 bridgehead atoms. The van der Waals surface area contributed by atoms with Crippen LogP contribution in [0.25, 0.3) is 0 Å². The van der Waals surface area contributed by atoms with Gasteiger partial charge in [0, 0.05) is 11.1 Å². The summed E-state index contributed by atoms with van der Waals surface area (Å²) in [6.07, 6.45) is 0. The Morgan fingerprint density at radius 3 is 2.41 bits per heavy atom. The number of rotatable bonds is 5. The third kappa shape index (κ3) is 3.39. The normalized spacial score (nSPS) is 11.3. The first-order chi connectivity index (χ1) is 10.7. The van der Waals surface area contributed by atoms with Crippen molar-refractivity contribution >= 4 is 11.8 Å². The minimum absolute atomic E-state index is 0.150. The van der Waals surface area contributed by atoms with Gasteiger partial charge in [0.25, 0.3) is 0 Å². The second kappa shape index (κ2) is 7.19. The molecule has 0 fully saturated rings. The van der Waals surface area contributed by atoms with Crippen molar-refractivity contribution in [3.63, 3.8) is 0 Å². The van der Waals surface area contributed by atoms with E-state index in [0.717, 1.165) is 0 Å². The molecule has 0 aliphatic heterocycles. The molecule has 0 saturated heterocycles. The number of nitriles is 1. The summed E-state index contributed by atoms with van der Waals surface area (Å²) in [6.45, 7) is 1.89. The van der Waals surface area contributed by atoms with Crippen LogP contribution in [0.4, 0.5) is 0 Å². The maximum Gasteiger partial charge on any atom is 0.327 e. The van der Waals surface area contributed by atoms with Crippen molar-refractivity contribution in [1.82, 2.24) is 0 Å². The van der Waals surface area contributed by atoms with Crippen LogP contribution in [0.2, 0.25) is 0 Å². The average molecular weight is 293 g/mol. The van der Waals surface area contributed by atoms with E-state index in [1.165, 1.54) is 0 Å². The summed E-state index contributed by atoms with van der Waals surface area (Å²) in [5.41, 5.74) is 1.46. The van der Waals surface area contributed by atoms with Crippen molar-refractivity contribution < 1.29 is 14.3 Å². The average Bonchev–Trinajstić information content (AvgIpc) is 2.56. The second-order valence-corrected chi connectivity index (χ2v) is 4.63. The molecule has 22 heavy (non-hydrogen) atoms. The smallest absolute Gasteiger partial charge is 0.327 e. The highest BCUT2D eigenvalue weighted by Crippen LogP contribution is 2.20. The third-order valence-corrected chi connectivity index (χ3v) is 3.17. The third-order valence-electron chi connectivity index (χ3n) is 3.17. The van der Waals surface area contributed by atoms with Gasteiger partial charge in [-0.05, 0) is 18.6 Å². The van der Waals surface area contributed by atoms with E-state index in [2.05, 4.69) is 0 Å². The van der Waals surface area contributed by atoms with Crippen molar-refractivity contribution in [2.24, 2.45) is 0 Å². The minimum atomic E-state index is -1.02.